The van der Waals surface area contributed by atoms with Crippen molar-refractivity contribution < 1.29 is 14.3 Å². The lowest BCUT2D eigenvalue weighted by Crippen LogP contribution is -2.31. The first kappa shape index (κ1) is 16.5. The summed E-state index contributed by atoms with van der Waals surface area (Å²) >= 11 is 0. The molecule has 112 valence electrons. The molecule has 0 fully saturated rings. The van der Waals surface area contributed by atoms with Crippen LogP contribution < -0.4 is 15.4 Å². The lowest BCUT2D eigenvalue weighted by molar-refractivity contribution is -0.123. The highest BCUT2D eigenvalue weighted by Gasteiger charge is 2.02. The predicted octanol–water partition coefficient (Wildman–Crippen LogP) is 1.33. The Labute approximate surface area is 120 Å². The molecule has 0 bridgehead atoms. The zero-order valence-corrected chi connectivity index (χ0v) is 12.3. The Bertz CT molecular complexity index is 396. The van der Waals surface area contributed by atoms with Crippen molar-refractivity contribution in [3.8, 4) is 5.75 Å². The molecule has 0 saturated carbocycles. The molecule has 0 saturated heterocycles. The molecule has 0 aliphatic heterocycles. The topological polar surface area (TPSA) is 59.6 Å². The summed E-state index contributed by atoms with van der Waals surface area (Å²) in [5, 5.41) is 6.04. The summed E-state index contributed by atoms with van der Waals surface area (Å²) < 4.78 is 10.3. The molecule has 0 spiro atoms. The second-order valence-electron chi connectivity index (χ2n) is 4.46. The molecule has 2 N–H and O–H groups in total. The standard InChI is InChI=1S/C15H24N2O3/c1-3-7-16-11-13-5-4-6-14(10-13)20-12-15(18)17-8-9-19-2/h4-6,10,16H,3,7-9,11-12H2,1-2H3,(H,17,18). The average Bonchev–Trinajstić information content (AvgIpc) is 2.46. The molecule has 0 radical (unpaired) electrons. The van der Waals surface area contributed by atoms with Crippen molar-refractivity contribution in [2.75, 3.05) is 33.4 Å². The van der Waals surface area contributed by atoms with Crippen LogP contribution in [-0.4, -0.2) is 39.3 Å². The van der Waals surface area contributed by atoms with E-state index in [1.54, 1.807) is 7.11 Å². The number of carbonyl (C=O) groups excluding carboxylic acids is 1. The minimum atomic E-state index is -0.142. The lowest BCUT2D eigenvalue weighted by atomic mass is 10.2. The van der Waals surface area contributed by atoms with Gasteiger partial charge in [0.2, 0.25) is 0 Å². The average molecular weight is 280 g/mol. The van der Waals surface area contributed by atoms with Crippen LogP contribution >= 0.6 is 0 Å². The SMILES string of the molecule is CCCNCc1cccc(OCC(=O)NCCOC)c1. The number of carbonyl (C=O) groups is 1. The first-order chi connectivity index (χ1) is 9.76. The van der Waals surface area contributed by atoms with Crippen LogP contribution in [0.15, 0.2) is 24.3 Å². The molecule has 0 atom stereocenters. The predicted molar refractivity (Wildman–Crippen MR) is 78.8 cm³/mol. The molecule has 0 aromatic heterocycles. The highest BCUT2D eigenvalue weighted by Crippen LogP contribution is 2.13. The summed E-state index contributed by atoms with van der Waals surface area (Å²) in [6, 6.07) is 7.77. The van der Waals surface area contributed by atoms with E-state index in [0.29, 0.717) is 18.9 Å². The lowest BCUT2D eigenvalue weighted by Gasteiger charge is -2.09. The number of nitrogens with one attached hydrogen (secondary N) is 2. The van der Waals surface area contributed by atoms with Crippen LogP contribution in [0.25, 0.3) is 0 Å². The molecule has 1 amide bonds. The third kappa shape index (κ3) is 7.11. The Kier molecular flexibility index (Phi) is 8.42. The highest BCUT2D eigenvalue weighted by molar-refractivity contribution is 5.77. The molecule has 1 rings (SSSR count). The largest absolute Gasteiger partial charge is 0.484 e. The number of ether oxygens (including phenoxy) is 2. The molecule has 5 nitrogen and oxygen atoms in total. The van der Waals surface area contributed by atoms with Crippen LogP contribution in [0, 0.1) is 0 Å². The fourth-order valence-electron chi connectivity index (χ4n) is 1.65. The maximum absolute atomic E-state index is 11.5. The van der Waals surface area contributed by atoms with Gasteiger partial charge in [-0.3, -0.25) is 4.79 Å². The van der Waals surface area contributed by atoms with Crippen molar-refractivity contribution in [2.45, 2.75) is 19.9 Å². The Morgan fingerprint density at radius 3 is 2.90 bits per heavy atom. The van der Waals surface area contributed by atoms with Gasteiger partial charge in [-0.25, -0.2) is 0 Å². The molecule has 0 aliphatic carbocycles. The number of hydrogen-bond acceptors (Lipinski definition) is 4. The van der Waals surface area contributed by atoms with Crippen molar-refractivity contribution in [1.29, 1.82) is 0 Å². The molecule has 0 heterocycles. The summed E-state index contributed by atoms with van der Waals surface area (Å²) in [4.78, 5) is 11.5. The molecule has 5 heteroatoms. The van der Waals surface area contributed by atoms with E-state index in [1.165, 1.54) is 0 Å². The van der Waals surface area contributed by atoms with Crippen LogP contribution in [0.1, 0.15) is 18.9 Å². The Morgan fingerprint density at radius 1 is 1.30 bits per heavy atom. The van der Waals surface area contributed by atoms with E-state index in [4.69, 9.17) is 9.47 Å². The molecule has 0 aliphatic rings. The van der Waals surface area contributed by atoms with Crippen molar-refractivity contribution in [1.82, 2.24) is 10.6 Å². The number of methoxy groups -OCH3 is 1. The van der Waals surface area contributed by atoms with E-state index in [9.17, 15) is 4.79 Å². The van der Waals surface area contributed by atoms with E-state index in [2.05, 4.69) is 17.6 Å². The van der Waals surface area contributed by atoms with Crippen LogP contribution in [-0.2, 0) is 16.1 Å². The fraction of sp³-hybridized carbons (Fsp3) is 0.533. The van der Waals surface area contributed by atoms with Gasteiger partial charge in [-0.05, 0) is 30.7 Å². The van der Waals surface area contributed by atoms with E-state index in [1.807, 2.05) is 24.3 Å². The van der Waals surface area contributed by atoms with Gasteiger partial charge in [0, 0.05) is 20.2 Å². The summed E-state index contributed by atoms with van der Waals surface area (Å²) in [6.45, 7) is 4.96. The summed E-state index contributed by atoms with van der Waals surface area (Å²) in [6.07, 6.45) is 1.11. The molecular formula is C15H24N2O3. The minimum Gasteiger partial charge on any atom is -0.484 e. The summed E-state index contributed by atoms with van der Waals surface area (Å²) in [5.41, 5.74) is 1.15. The zero-order chi connectivity index (χ0) is 14.6. The van der Waals surface area contributed by atoms with Crippen LogP contribution in [0.3, 0.4) is 0 Å². The van der Waals surface area contributed by atoms with E-state index >= 15 is 0 Å². The summed E-state index contributed by atoms with van der Waals surface area (Å²) in [5.74, 6) is 0.569. The third-order valence-electron chi connectivity index (χ3n) is 2.65. The van der Waals surface area contributed by atoms with Gasteiger partial charge in [0.1, 0.15) is 5.75 Å². The van der Waals surface area contributed by atoms with Gasteiger partial charge in [0.15, 0.2) is 6.61 Å². The number of hydrogen-bond donors (Lipinski definition) is 2. The smallest absolute Gasteiger partial charge is 0.258 e. The van der Waals surface area contributed by atoms with E-state index < -0.39 is 0 Å². The van der Waals surface area contributed by atoms with Crippen LogP contribution in [0.5, 0.6) is 5.75 Å². The van der Waals surface area contributed by atoms with Crippen molar-refractivity contribution in [3.05, 3.63) is 29.8 Å². The van der Waals surface area contributed by atoms with Gasteiger partial charge < -0.3 is 20.1 Å². The monoisotopic (exact) mass is 280 g/mol. The minimum absolute atomic E-state index is 0.0234. The molecule has 0 unspecified atom stereocenters. The van der Waals surface area contributed by atoms with Gasteiger partial charge in [0.25, 0.3) is 5.91 Å². The van der Waals surface area contributed by atoms with Crippen molar-refractivity contribution in [2.24, 2.45) is 0 Å². The third-order valence-corrected chi connectivity index (χ3v) is 2.65. The molecule has 1 aromatic rings. The van der Waals surface area contributed by atoms with Gasteiger partial charge in [0.05, 0.1) is 6.61 Å². The highest BCUT2D eigenvalue weighted by atomic mass is 16.5. The first-order valence-electron chi connectivity index (χ1n) is 6.94. The van der Waals surface area contributed by atoms with Gasteiger partial charge in [-0.15, -0.1) is 0 Å². The van der Waals surface area contributed by atoms with Crippen molar-refractivity contribution in [3.63, 3.8) is 0 Å². The second-order valence-corrected chi connectivity index (χ2v) is 4.46. The molecule has 1 aromatic carbocycles. The Balaban J connectivity index is 2.32. The quantitative estimate of drug-likeness (QED) is 0.635. The fourth-order valence-corrected chi connectivity index (χ4v) is 1.65. The van der Waals surface area contributed by atoms with Gasteiger partial charge in [-0.1, -0.05) is 19.1 Å². The Morgan fingerprint density at radius 2 is 2.15 bits per heavy atom. The Hall–Kier alpha value is -1.59. The summed E-state index contributed by atoms with van der Waals surface area (Å²) in [7, 11) is 1.60. The zero-order valence-electron chi connectivity index (χ0n) is 12.3. The number of amides is 1. The van der Waals surface area contributed by atoms with E-state index in [-0.39, 0.29) is 12.5 Å². The van der Waals surface area contributed by atoms with Crippen LogP contribution in [0.2, 0.25) is 0 Å². The molecule has 20 heavy (non-hydrogen) atoms. The van der Waals surface area contributed by atoms with Crippen LogP contribution in [0.4, 0.5) is 0 Å². The normalized spacial score (nSPS) is 10.3. The first-order valence-corrected chi connectivity index (χ1v) is 6.94. The maximum atomic E-state index is 11.5. The second kappa shape index (κ2) is 10.2. The number of rotatable bonds is 10. The van der Waals surface area contributed by atoms with Crippen molar-refractivity contribution >= 4 is 5.91 Å². The van der Waals surface area contributed by atoms with E-state index in [0.717, 1.165) is 25.1 Å². The maximum Gasteiger partial charge on any atom is 0.258 e. The molecular weight excluding hydrogens is 256 g/mol. The number of benzene rings is 1. The van der Waals surface area contributed by atoms with Gasteiger partial charge in [-0.2, -0.15) is 0 Å². The van der Waals surface area contributed by atoms with Gasteiger partial charge >= 0.3 is 0 Å².